The third kappa shape index (κ3) is 5.48. The summed E-state index contributed by atoms with van der Waals surface area (Å²) in [5.41, 5.74) is 0.875. The van der Waals surface area contributed by atoms with Crippen LogP contribution in [0.25, 0.3) is 0 Å². The zero-order valence-corrected chi connectivity index (χ0v) is 16.5. The van der Waals surface area contributed by atoms with Crippen molar-refractivity contribution in [2.75, 3.05) is 26.2 Å². The summed E-state index contributed by atoms with van der Waals surface area (Å²) in [5.74, 6) is 0.101. The lowest BCUT2D eigenvalue weighted by molar-refractivity contribution is -0.136. The van der Waals surface area contributed by atoms with E-state index in [1.54, 1.807) is 12.1 Å². The first-order valence-corrected chi connectivity index (χ1v) is 9.42. The summed E-state index contributed by atoms with van der Waals surface area (Å²) in [4.78, 5) is 17.2. The summed E-state index contributed by atoms with van der Waals surface area (Å²) in [5, 5.41) is 11.0. The Labute approximate surface area is 165 Å². The number of nitrogens with zero attached hydrogens (tertiary/aromatic N) is 2. The van der Waals surface area contributed by atoms with E-state index in [1.807, 2.05) is 11.0 Å². The van der Waals surface area contributed by atoms with Crippen LogP contribution in [-0.4, -0.2) is 59.1 Å². The molecule has 2 saturated heterocycles. The van der Waals surface area contributed by atoms with E-state index in [1.165, 1.54) is 12.8 Å². The Balaban J connectivity index is 0.00000225. The van der Waals surface area contributed by atoms with Gasteiger partial charge in [-0.25, -0.2) is 0 Å². The molecule has 0 aliphatic carbocycles. The van der Waals surface area contributed by atoms with Gasteiger partial charge < -0.3 is 14.9 Å². The van der Waals surface area contributed by atoms with E-state index in [-0.39, 0.29) is 30.5 Å². The number of aliphatic hydroxyl groups excluding tert-OH is 1. The van der Waals surface area contributed by atoms with Gasteiger partial charge in [-0.1, -0.05) is 29.3 Å². The van der Waals surface area contributed by atoms with Gasteiger partial charge >= 0.3 is 0 Å². The van der Waals surface area contributed by atoms with Gasteiger partial charge in [0, 0.05) is 19.1 Å². The number of hydrogen-bond acceptors (Lipinski definition) is 3. The largest absolute Gasteiger partial charge is 0.393 e. The van der Waals surface area contributed by atoms with Crippen LogP contribution in [0, 0.1) is 0 Å². The van der Waals surface area contributed by atoms with Crippen molar-refractivity contribution in [2.45, 2.75) is 44.2 Å². The SMILES string of the molecule is Cl.O=C(Cc1ccc(Cl)c(Cl)c1)N1CC[C@@H](O)C[C@H]1CN1CCCC1. The molecule has 25 heavy (non-hydrogen) atoms. The molecule has 2 aliphatic heterocycles. The summed E-state index contributed by atoms with van der Waals surface area (Å²) < 4.78 is 0. The predicted molar refractivity (Wildman–Crippen MR) is 104 cm³/mol. The molecule has 3 rings (SSSR count). The van der Waals surface area contributed by atoms with Gasteiger partial charge in [0.15, 0.2) is 0 Å². The summed E-state index contributed by atoms with van der Waals surface area (Å²) in [7, 11) is 0. The van der Waals surface area contributed by atoms with Gasteiger partial charge in [0.2, 0.25) is 5.91 Å². The van der Waals surface area contributed by atoms with E-state index in [2.05, 4.69) is 4.90 Å². The van der Waals surface area contributed by atoms with Crippen molar-refractivity contribution in [3.05, 3.63) is 33.8 Å². The smallest absolute Gasteiger partial charge is 0.227 e. The Kier molecular flexibility index (Phi) is 7.84. The average Bonchev–Trinajstić information content (AvgIpc) is 3.04. The van der Waals surface area contributed by atoms with Gasteiger partial charge in [0.1, 0.15) is 0 Å². The third-order valence-electron chi connectivity index (χ3n) is 5.02. The summed E-state index contributed by atoms with van der Waals surface area (Å²) in [6.45, 7) is 3.69. The van der Waals surface area contributed by atoms with Crippen LogP contribution in [0.3, 0.4) is 0 Å². The molecular weight excluding hydrogens is 383 g/mol. The molecule has 0 bridgehead atoms. The highest BCUT2D eigenvalue weighted by atomic mass is 35.5. The van der Waals surface area contributed by atoms with Crippen molar-refractivity contribution in [2.24, 2.45) is 0 Å². The van der Waals surface area contributed by atoms with Crippen LogP contribution in [0.15, 0.2) is 18.2 Å². The van der Waals surface area contributed by atoms with Crippen molar-refractivity contribution in [1.82, 2.24) is 9.80 Å². The maximum Gasteiger partial charge on any atom is 0.227 e. The van der Waals surface area contributed by atoms with Gasteiger partial charge in [-0.05, 0) is 56.5 Å². The number of benzene rings is 1. The van der Waals surface area contributed by atoms with E-state index in [9.17, 15) is 9.90 Å². The molecule has 4 nitrogen and oxygen atoms in total. The monoisotopic (exact) mass is 406 g/mol. The van der Waals surface area contributed by atoms with Gasteiger partial charge in [-0.3, -0.25) is 4.79 Å². The zero-order valence-electron chi connectivity index (χ0n) is 14.2. The molecule has 0 spiro atoms. The van der Waals surface area contributed by atoms with Crippen LogP contribution in [0.2, 0.25) is 10.0 Å². The first-order valence-electron chi connectivity index (χ1n) is 8.67. The maximum absolute atomic E-state index is 12.8. The molecule has 140 valence electrons. The van der Waals surface area contributed by atoms with Crippen LogP contribution >= 0.6 is 35.6 Å². The number of amides is 1. The van der Waals surface area contributed by atoms with Crippen LogP contribution in [0.1, 0.15) is 31.2 Å². The molecular formula is C18H25Cl3N2O2. The molecule has 0 aromatic heterocycles. The van der Waals surface area contributed by atoms with E-state index in [0.717, 1.165) is 25.2 Å². The fourth-order valence-corrected chi connectivity index (χ4v) is 4.04. The van der Waals surface area contributed by atoms with Gasteiger partial charge in [0.25, 0.3) is 0 Å². The zero-order chi connectivity index (χ0) is 17.1. The molecule has 1 N–H and O–H groups in total. The molecule has 2 atom stereocenters. The lowest BCUT2D eigenvalue weighted by Gasteiger charge is -2.40. The Morgan fingerprint density at radius 1 is 1.16 bits per heavy atom. The topological polar surface area (TPSA) is 43.8 Å². The summed E-state index contributed by atoms with van der Waals surface area (Å²) in [6.07, 6.45) is 3.81. The lowest BCUT2D eigenvalue weighted by Crippen LogP contribution is -2.52. The van der Waals surface area contributed by atoms with E-state index >= 15 is 0 Å². The molecule has 2 fully saturated rings. The molecule has 2 heterocycles. The standard InChI is InChI=1S/C18H24Cl2N2O2.ClH/c19-16-4-3-13(9-17(16)20)10-18(24)22-8-5-15(23)11-14(22)12-21-6-1-2-7-21;/h3-4,9,14-15,23H,1-2,5-8,10-12H2;1H/t14-,15+;/m0./s1. The number of aliphatic hydroxyl groups is 1. The maximum atomic E-state index is 12.8. The number of carbonyl (C=O) groups is 1. The van der Waals surface area contributed by atoms with Crippen LogP contribution < -0.4 is 0 Å². The Bertz CT molecular complexity index is 594. The summed E-state index contributed by atoms with van der Waals surface area (Å²) >= 11 is 12.0. The number of carbonyl (C=O) groups excluding carboxylic acids is 1. The second-order valence-electron chi connectivity index (χ2n) is 6.85. The van der Waals surface area contributed by atoms with Gasteiger partial charge in [0.05, 0.1) is 22.6 Å². The first kappa shape index (κ1) is 20.8. The fraction of sp³-hybridized carbons (Fsp3) is 0.611. The summed E-state index contributed by atoms with van der Waals surface area (Å²) in [6, 6.07) is 5.44. The molecule has 7 heteroatoms. The van der Waals surface area contributed by atoms with Crippen molar-refractivity contribution in [3.63, 3.8) is 0 Å². The highest BCUT2D eigenvalue weighted by Crippen LogP contribution is 2.25. The van der Waals surface area contributed by atoms with Gasteiger partial charge in [-0.15, -0.1) is 12.4 Å². The molecule has 1 aromatic rings. The Morgan fingerprint density at radius 3 is 2.56 bits per heavy atom. The normalized spacial score (nSPS) is 24.2. The number of hydrogen-bond donors (Lipinski definition) is 1. The van der Waals surface area contributed by atoms with Crippen LogP contribution in [-0.2, 0) is 11.2 Å². The van der Waals surface area contributed by atoms with E-state index in [0.29, 0.717) is 35.9 Å². The second-order valence-corrected chi connectivity index (χ2v) is 7.67. The molecule has 1 amide bonds. The minimum absolute atomic E-state index is 0. The van der Waals surface area contributed by atoms with Crippen molar-refractivity contribution in [1.29, 1.82) is 0 Å². The van der Waals surface area contributed by atoms with Crippen molar-refractivity contribution in [3.8, 4) is 0 Å². The highest BCUT2D eigenvalue weighted by Gasteiger charge is 2.32. The number of likely N-dealkylation sites (tertiary alicyclic amines) is 2. The molecule has 0 unspecified atom stereocenters. The number of rotatable bonds is 4. The highest BCUT2D eigenvalue weighted by molar-refractivity contribution is 6.42. The molecule has 1 aromatic carbocycles. The van der Waals surface area contributed by atoms with Crippen molar-refractivity contribution >= 4 is 41.5 Å². The predicted octanol–water partition coefficient (Wildman–Crippen LogP) is 3.41. The van der Waals surface area contributed by atoms with Gasteiger partial charge in [-0.2, -0.15) is 0 Å². The quantitative estimate of drug-likeness (QED) is 0.832. The van der Waals surface area contributed by atoms with Crippen LogP contribution in [0.4, 0.5) is 0 Å². The number of halogens is 3. The number of piperidine rings is 1. The third-order valence-corrected chi connectivity index (χ3v) is 5.75. The first-order chi connectivity index (χ1) is 11.5. The Hall–Kier alpha value is -0.520. The van der Waals surface area contributed by atoms with E-state index in [4.69, 9.17) is 23.2 Å². The fourth-order valence-electron chi connectivity index (χ4n) is 3.72. The minimum atomic E-state index is -0.299. The molecule has 0 radical (unpaired) electrons. The Morgan fingerprint density at radius 2 is 1.88 bits per heavy atom. The second kappa shape index (κ2) is 9.43. The van der Waals surface area contributed by atoms with E-state index < -0.39 is 0 Å². The molecule has 0 saturated carbocycles. The average molecular weight is 408 g/mol. The van der Waals surface area contributed by atoms with Crippen molar-refractivity contribution < 1.29 is 9.90 Å². The lowest BCUT2D eigenvalue weighted by atomic mass is 9.97. The van der Waals surface area contributed by atoms with Crippen LogP contribution in [0.5, 0.6) is 0 Å². The minimum Gasteiger partial charge on any atom is -0.393 e. The molecule has 2 aliphatic rings.